The highest BCUT2D eigenvalue weighted by molar-refractivity contribution is 7.92. The minimum Gasteiger partial charge on any atom is -0.352 e. The number of carbonyl (C=O) groups excluding carboxylic acids is 2. The number of benzene rings is 2. The molecule has 0 heterocycles. The fraction of sp³-hybridized carbons (Fsp3) is 0.600. The van der Waals surface area contributed by atoms with Crippen molar-refractivity contribution in [2.45, 2.75) is 102 Å². The second-order valence-electron chi connectivity index (χ2n) is 14.2. The molecule has 4 bridgehead atoms. The van der Waals surface area contributed by atoms with Crippen molar-refractivity contribution in [3.63, 3.8) is 0 Å². The molecule has 2 aromatic rings. The molecule has 7 rings (SSSR count). The molecule has 1 atom stereocenters. The van der Waals surface area contributed by atoms with Crippen LogP contribution in [0.25, 0.3) is 0 Å². The van der Waals surface area contributed by atoms with Crippen LogP contribution in [0.15, 0.2) is 42.5 Å². The van der Waals surface area contributed by atoms with Crippen molar-refractivity contribution in [1.82, 2.24) is 10.2 Å². The first-order chi connectivity index (χ1) is 21.5. The maximum Gasteiger partial charge on any atom is 0.244 e. The lowest BCUT2D eigenvalue weighted by Crippen LogP contribution is -2.53. The largest absolute Gasteiger partial charge is 0.352 e. The summed E-state index contributed by atoms with van der Waals surface area (Å²) in [5.41, 5.74) is 2.44. The number of nitrogens with one attached hydrogen (secondary N) is 1. The Morgan fingerprint density at radius 3 is 2.00 bits per heavy atom. The number of hydrogen-bond donors (Lipinski definition) is 1. The second-order valence-corrected chi connectivity index (χ2v) is 16.9. The summed E-state index contributed by atoms with van der Waals surface area (Å²) in [4.78, 5) is 29.2. The van der Waals surface area contributed by atoms with E-state index in [2.05, 4.69) is 17.4 Å². The van der Waals surface area contributed by atoms with Crippen molar-refractivity contribution < 1.29 is 18.0 Å². The molecule has 5 saturated carbocycles. The first kappa shape index (κ1) is 32.6. The molecule has 0 radical (unpaired) electrons. The van der Waals surface area contributed by atoms with Crippen LogP contribution in [-0.4, -0.2) is 50.0 Å². The van der Waals surface area contributed by atoms with Gasteiger partial charge in [0.05, 0.1) is 11.9 Å². The molecular weight excluding hydrogens is 629 g/mol. The summed E-state index contributed by atoms with van der Waals surface area (Å²) in [6, 6.07) is 12.2. The van der Waals surface area contributed by atoms with Crippen molar-refractivity contribution in [2.75, 3.05) is 17.1 Å². The molecule has 0 aliphatic heterocycles. The summed E-state index contributed by atoms with van der Waals surface area (Å²) in [5, 5.41) is 3.89. The Labute approximate surface area is 278 Å². The lowest BCUT2D eigenvalue weighted by atomic mass is 9.48. The van der Waals surface area contributed by atoms with E-state index in [9.17, 15) is 18.0 Å². The number of sulfonamides is 1. The van der Waals surface area contributed by atoms with Crippen LogP contribution in [-0.2, 0) is 31.6 Å². The van der Waals surface area contributed by atoms with E-state index in [0.717, 1.165) is 54.0 Å². The SMILES string of the molecule is CC[C@@H](C(=O)NC1CCCC1)N(Cc1c(Cl)cccc1Cl)C(=O)CN(c1ccc(C23CC4CC(CC(C4)C2)C3)cc1)S(C)(=O)=O. The molecule has 0 saturated heterocycles. The molecule has 7 nitrogen and oxygen atoms in total. The van der Waals surface area contributed by atoms with Gasteiger partial charge in [-0.3, -0.25) is 13.9 Å². The third kappa shape index (κ3) is 6.89. The number of amides is 2. The summed E-state index contributed by atoms with van der Waals surface area (Å²) >= 11 is 13.0. The van der Waals surface area contributed by atoms with E-state index in [1.165, 1.54) is 49.0 Å². The maximum atomic E-state index is 14.2. The number of carbonyl (C=O) groups is 2. The standard InChI is InChI=1S/C35H45Cl2N3O4S/c1-3-32(34(42)38-27-7-4-5-8-27)39(21-29-30(36)9-6-10-31(29)37)33(41)22-40(45(2,43)44)28-13-11-26(12-14-28)35-18-23-15-24(19-35)17-25(16-23)20-35/h6,9-14,23-25,27,32H,3-5,7-8,15-22H2,1-2H3,(H,38,42)/t23?,24?,25?,32-,35?/m0/s1. The third-order valence-corrected chi connectivity index (χ3v) is 12.8. The fourth-order valence-electron chi connectivity index (χ4n) is 9.20. The zero-order chi connectivity index (χ0) is 31.9. The second kappa shape index (κ2) is 13.1. The predicted molar refractivity (Wildman–Crippen MR) is 180 cm³/mol. The van der Waals surface area contributed by atoms with Crippen molar-refractivity contribution >= 4 is 50.7 Å². The van der Waals surface area contributed by atoms with Gasteiger partial charge >= 0.3 is 0 Å². The van der Waals surface area contributed by atoms with Crippen LogP contribution >= 0.6 is 23.2 Å². The number of nitrogens with zero attached hydrogens (tertiary/aromatic N) is 2. The van der Waals surface area contributed by atoms with Gasteiger partial charge in [0.1, 0.15) is 12.6 Å². The van der Waals surface area contributed by atoms with E-state index in [0.29, 0.717) is 27.7 Å². The van der Waals surface area contributed by atoms with Gasteiger partial charge in [-0.05, 0) is 111 Å². The Kier molecular flexibility index (Phi) is 9.48. The highest BCUT2D eigenvalue weighted by atomic mass is 35.5. The van der Waals surface area contributed by atoms with Crippen molar-refractivity contribution in [1.29, 1.82) is 0 Å². The Morgan fingerprint density at radius 2 is 1.49 bits per heavy atom. The molecular formula is C35H45Cl2N3O4S. The number of halogens is 2. The summed E-state index contributed by atoms with van der Waals surface area (Å²) in [6.07, 6.45) is 13.1. The molecule has 2 amide bonds. The quantitative estimate of drug-likeness (QED) is 0.276. The van der Waals surface area contributed by atoms with E-state index < -0.39 is 28.5 Å². The summed E-state index contributed by atoms with van der Waals surface area (Å²) in [6.45, 7) is 1.40. The molecule has 0 aromatic heterocycles. The summed E-state index contributed by atoms with van der Waals surface area (Å²) < 4.78 is 27.6. The fourth-order valence-corrected chi connectivity index (χ4v) is 10.6. The molecule has 244 valence electrons. The van der Waals surface area contributed by atoms with Crippen molar-refractivity contribution in [3.05, 3.63) is 63.6 Å². The van der Waals surface area contributed by atoms with Crippen LogP contribution in [0.4, 0.5) is 5.69 Å². The van der Waals surface area contributed by atoms with Crippen LogP contribution < -0.4 is 9.62 Å². The van der Waals surface area contributed by atoms with Gasteiger partial charge in [0.15, 0.2) is 0 Å². The Morgan fingerprint density at radius 1 is 0.933 bits per heavy atom. The van der Waals surface area contributed by atoms with Gasteiger partial charge < -0.3 is 10.2 Å². The van der Waals surface area contributed by atoms with Gasteiger partial charge in [-0.25, -0.2) is 8.42 Å². The Bertz CT molecular complexity index is 1470. The Hall–Kier alpha value is -2.29. The topological polar surface area (TPSA) is 86.8 Å². The molecule has 5 aliphatic rings. The van der Waals surface area contributed by atoms with E-state index in [4.69, 9.17) is 23.2 Å². The van der Waals surface area contributed by atoms with E-state index in [-0.39, 0.29) is 23.9 Å². The maximum absolute atomic E-state index is 14.2. The average Bonchev–Trinajstić information content (AvgIpc) is 3.49. The molecule has 5 aliphatic carbocycles. The summed E-state index contributed by atoms with van der Waals surface area (Å²) in [5.74, 6) is 1.67. The normalized spacial score (nSPS) is 26.5. The van der Waals surface area contributed by atoms with E-state index in [1.807, 2.05) is 19.1 Å². The number of anilines is 1. The molecule has 10 heteroatoms. The van der Waals surface area contributed by atoms with Crippen LogP contribution in [0.1, 0.15) is 88.7 Å². The summed E-state index contributed by atoms with van der Waals surface area (Å²) in [7, 11) is -3.83. The first-order valence-corrected chi connectivity index (χ1v) is 19.2. The third-order valence-electron chi connectivity index (χ3n) is 11.0. The number of rotatable bonds is 11. The smallest absolute Gasteiger partial charge is 0.244 e. The van der Waals surface area contributed by atoms with Gasteiger partial charge in [-0.2, -0.15) is 0 Å². The monoisotopic (exact) mass is 673 g/mol. The molecule has 2 aromatic carbocycles. The minimum absolute atomic E-state index is 0.0174. The van der Waals surface area contributed by atoms with Crippen LogP contribution in [0.2, 0.25) is 10.0 Å². The van der Waals surface area contributed by atoms with Gasteiger partial charge in [0.25, 0.3) is 0 Å². The lowest BCUT2D eigenvalue weighted by Gasteiger charge is -2.57. The zero-order valence-corrected chi connectivity index (χ0v) is 28.6. The van der Waals surface area contributed by atoms with Crippen LogP contribution in [0.3, 0.4) is 0 Å². The van der Waals surface area contributed by atoms with Crippen LogP contribution in [0.5, 0.6) is 0 Å². The molecule has 0 spiro atoms. The molecule has 0 unspecified atom stereocenters. The van der Waals surface area contributed by atoms with Crippen molar-refractivity contribution in [3.8, 4) is 0 Å². The average molecular weight is 675 g/mol. The van der Waals surface area contributed by atoms with Gasteiger partial charge in [0.2, 0.25) is 21.8 Å². The van der Waals surface area contributed by atoms with Crippen molar-refractivity contribution in [2.24, 2.45) is 17.8 Å². The highest BCUT2D eigenvalue weighted by Gasteiger charge is 2.51. The van der Waals surface area contributed by atoms with Crippen LogP contribution in [0, 0.1) is 17.8 Å². The van der Waals surface area contributed by atoms with Gasteiger partial charge in [0, 0.05) is 28.2 Å². The minimum atomic E-state index is -3.83. The molecule has 1 N–H and O–H groups in total. The first-order valence-electron chi connectivity index (χ1n) is 16.6. The van der Waals surface area contributed by atoms with Gasteiger partial charge in [-0.1, -0.05) is 61.2 Å². The van der Waals surface area contributed by atoms with E-state index >= 15 is 0 Å². The number of hydrogen-bond acceptors (Lipinski definition) is 4. The highest BCUT2D eigenvalue weighted by Crippen LogP contribution is 2.60. The van der Waals surface area contributed by atoms with E-state index in [1.54, 1.807) is 18.2 Å². The molecule has 5 fully saturated rings. The predicted octanol–water partition coefficient (Wildman–Crippen LogP) is 7.09. The lowest BCUT2D eigenvalue weighted by molar-refractivity contribution is -0.140. The zero-order valence-electron chi connectivity index (χ0n) is 26.3. The Balaban J connectivity index is 1.27. The van der Waals surface area contributed by atoms with Gasteiger partial charge in [-0.15, -0.1) is 0 Å². The molecule has 45 heavy (non-hydrogen) atoms.